The van der Waals surface area contributed by atoms with Gasteiger partial charge in [-0.3, -0.25) is 19.4 Å². The number of nitrogens with zero attached hydrogens (tertiary/aromatic N) is 3. The van der Waals surface area contributed by atoms with E-state index in [1.807, 2.05) is 30.3 Å². The van der Waals surface area contributed by atoms with Crippen molar-refractivity contribution in [3.63, 3.8) is 0 Å². The van der Waals surface area contributed by atoms with Crippen molar-refractivity contribution < 1.29 is 4.79 Å². The monoisotopic (exact) mass is 307 g/mol. The smallest absolute Gasteiger partial charge is 0.325 e. The minimum atomic E-state index is -0.263. The summed E-state index contributed by atoms with van der Waals surface area (Å²) in [5, 5.41) is 6.87. The molecule has 0 unspecified atom stereocenters. The van der Waals surface area contributed by atoms with Gasteiger partial charge in [0.1, 0.15) is 0 Å². The Balaban J connectivity index is 2.02. The Bertz CT molecular complexity index is 1090. The Morgan fingerprint density at radius 3 is 2.70 bits per heavy atom. The number of carbonyl (C=O) groups is 1. The van der Waals surface area contributed by atoms with Crippen LogP contribution in [0.25, 0.3) is 27.5 Å². The van der Waals surface area contributed by atoms with Crippen LogP contribution in [0.15, 0.2) is 53.7 Å². The summed E-state index contributed by atoms with van der Waals surface area (Å²) in [6.07, 6.45) is 4.82. The lowest BCUT2D eigenvalue weighted by atomic mass is 10.2. The van der Waals surface area contributed by atoms with E-state index in [2.05, 4.69) is 15.4 Å². The maximum atomic E-state index is 12.6. The van der Waals surface area contributed by atoms with Crippen molar-refractivity contribution >= 4 is 27.8 Å². The van der Waals surface area contributed by atoms with Gasteiger partial charge in [0.05, 0.1) is 22.1 Å². The number of para-hydroxylation sites is 1. The molecule has 3 aromatic heterocycles. The van der Waals surface area contributed by atoms with Gasteiger partial charge in [0.2, 0.25) is 0 Å². The minimum Gasteiger partial charge on any atom is -0.340 e. The molecule has 0 radical (unpaired) electrons. The summed E-state index contributed by atoms with van der Waals surface area (Å²) in [4.78, 5) is 28.6. The molecule has 4 aromatic rings. The quantitative estimate of drug-likeness (QED) is 0.563. The maximum Gasteiger partial charge on any atom is 0.325 e. The number of aromatic nitrogens is 4. The van der Waals surface area contributed by atoms with Crippen molar-refractivity contribution in [2.45, 2.75) is 0 Å². The number of carbonyl (C=O) groups excluding carboxylic acids is 1. The number of nitrogens with one attached hydrogen (secondary N) is 2. The molecule has 1 amide bonds. The molecule has 7 nitrogen and oxygen atoms in total. The summed E-state index contributed by atoms with van der Waals surface area (Å²) in [5.74, 6) is 0. The average Bonchev–Trinajstić information content (AvgIpc) is 3.16. The highest BCUT2D eigenvalue weighted by Gasteiger charge is 2.14. The number of amides is 1. The first-order valence-electron chi connectivity index (χ1n) is 7.08. The van der Waals surface area contributed by atoms with Gasteiger partial charge in [0.25, 0.3) is 5.56 Å². The first-order valence-corrected chi connectivity index (χ1v) is 7.08. The van der Waals surface area contributed by atoms with Gasteiger partial charge in [-0.15, -0.1) is 0 Å². The fraction of sp³-hybridized carbons (Fsp3) is 0.0625. The van der Waals surface area contributed by atoms with Crippen molar-refractivity contribution in [2.75, 3.05) is 7.05 Å². The zero-order valence-electron chi connectivity index (χ0n) is 12.3. The zero-order chi connectivity index (χ0) is 16.0. The van der Waals surface area contributed by atoms with Crippen LogP contribution in [0.3, 0.4) is 0 Å². The summed E-state index contributed by atoms with van der Waals surface area (Å²) < 4.78 is 2.89. The van der Waals surface area contributed by atoms with E-state index >= 15 is 0 Å². The van der Waals surface area contributed by atoms with Crippen molar-refractivity contribution in [3.05, 3.63) is 59.3 Å². The Morgan fingerprint density at radius 2 is 1.96 bits per heavy atom. The van der Waals surface area contributed by atoms with Crippen LogP contribution in [0.4, 0.5) is 4.79 Å². The molecule has 1 aromatic carbocycles. The molecule has 0 aliphatic rings. The van der Waals surface area contributed by atoms with Crippen LogP contribution in [0.1, 0.15) is 0 Å². The van der Waals surface area contributed by atoms with Crippen LogP contribution < -0.4 is 10.9 Å². The molecule has 0 aliphatic heterocycles. The van der Waals surface area contributed by atoms with E-state index in [4.69, 9.17) is 0 Å². The molecule has 0 saturated carbocycles. The second-order valence-corrected chi connectivity index (χ2v) is 5.15. The normalized spacial score (nSPS) is 11.2. The summed E-state index contributed by atoms with van der Waals surface area (Å²) in [5.41, 5.74) is 1.87. The molecule has 0 bridgehead atoms. The lowest BCUT2D eigenvalue weighted by Gasteiger charge is -1.99. The minimum absolute atomic E-state index is 0.173. The van der Waals surface area contributed by atoms with Gasteiger partial charge in [-0.1, -0.05) is 18.2 Å². The van der Waals surface area contributed by atoms with Gasteiger partial charge < -0.3 is 5.32 Å². The van der Waals surface area contributed by atoms with E-state index in [0.717, 1.165) is 11.1 Å². The summed E-state index contributed by atoms with van der Waals surface area (Å²) in [6, 6.07) is 9.04. The van der Waals surface area contributed by atoms with Crippen LogP contribution in [-0.2, 0) is 0 Å². The fourth-order valence-electron chi connectivity index (χ4n) is 2.65. The second kappa shape index (κ2) is 4.84. The zero-order valence-corrected chi connectivity index (χ0v) is 12.3. The number of rotatable bonds is 1. The molecule has 23 heavy (non-hydrogen) atoms. The molecule has 2 N–H and O–H groups in total. The van der Waals surface area contributed by atoms with Gasteiger partial charge in [0, 0.05) is 31.0 Å². The molecule has 114 valence electrons. The molecule has 7 heteroatoms. The maximum absolute atomic E-state index is 12.6. The lowest BCUT2D eigenvalue weighted by Crippen LogP contribution is -2.22. The Labute approximate surface area is 130 Å². The first kappa shape index (κ1) is 13.3. The van der Waals surface area contributed by atoms with Gasteiger partial charge >= 0.3 is 6.03 Å². The molecular formula is C16H13N5O2. The highest BCUT2D eigenvalue weighted by molar-refractivity contribution is 6.04. The average molecular weight is 307 g/mol. The standard InChI is InChI=1S/C16H13N5O2/c1-17-16(23)20-8-12-13(9-20)18-7-11-14(12)19-21(15(11)22)10-5-3-2-4-6-10/h2-9,19H,1H3,(H,17,23). The third-order valence-electron chi connectivity index (χ3n) is 3.80. The number of H-pyrrole nitrogens is 1. The molecule has 3 heterocycles. The molecule has 0 saturated heterocycles. The molecule has 0 spiro atoms. The van der Waals surface area contributed by atoms with E-state index in [9.17, 15) is 9.59 Å². The van der Waals surface area contributed by atoms with E-state index in [1.165, 1.54) is 15.4 Å². The summed E-state index contributed by atoms with van der Waals surface area (Å²) in [6.45, 7) is 0. The van der Waals surface area contributed by atoms with Crippen molar-refractivity contribution in [1.82, 2.24) is 24.6 Å². The van der Waals surface area contributed by atoms with Crippen LogP contribution in [0, 0.1) is 0 Å². The second-order valence-electron chi connectivity index (χ2n) is 5.15. The third-order valence-corrected chi connectivity index (χ3v) is 3.80. The number of aromatic amines is 1. The number of hydrogen-bond acceptors (Lipinski definition) is 3. The number of pyridine rings is 1. The van der Waals surface area contributed by atoms with E-state index in [1.54, 1.807) is 19.4 Å². The van der Waals surface area contributed by atoms with Crippen LogP contribution in [0.2, 0.25) is 0 Å². The number of fused-ring (bicyclic) bond motifs is 3. The predicted molar refractivity (Wildman–Crippen MR) is 87.0 cm³/mol. The molecule has 0 aliphatic carbocycles. The topological polar surface area (TPSA) is 84.7 Å². The largest absolute Gasteiger partial charge is 0.340 e. The van der Waals surface area contributed by atoms with Crippen LogP contribution in [-0.4, -0.2) is 32.4 Å². The van der Waals surface area contributed by atoms with Crippen molar-refractivity contribution in [3.8, 4) is 5.69 Å². The van der Waals surface area contributed by atoms with Crippen molar-refractivity contribution in [2.24, 2.45) is 0 Å². The lowest BCUT2D eigenvalue weighted by molar-refractivity contribution is 0.244. The highest BCUT2D eigenvalue weighted by atomic mass is 16.2. The predicted octanol–water partition coefficient (Wildman–Crippen LogP) is 1.86. The SMILES string of the molecule is CNC(=O)n1cc2ncc3c(=O)n(-c4ccccc4)[nH]c3c2c1. The third kappa shape index (κ3) is 1.94. The summed E-state index contributed by atoms with van der Waals surface area (Å²) in [7, 11) is 1.56. The molecular weight excluding hydrogens is 294 g/mol. The summed E-state index contributed by atoms with van der Waals surface area (Å²) >= 11 is 0. The van der Waals surface area contributed by atoms with Gasteiger partial charge in [-0.25, -0.2) is 9.48 Å². The van der Waals surface area contributed by atoms with E-state index in [0.29, 0.717) is 16.4 Å². The van der Waals surface area contributed by atoms with E-state index < -0.39 is 0 Å². The van der Waals surface area contributed by atoms with E-state index in [-0.39, 0.29) is 11.6 Å². The number of benzene rings is 1. The highest BCUT2D eigenvalue weighted by Crippen LogP contribution is 2.21. The molecule has 0 fully saturated rings. The van der Waals surface area contributed by atoms with Crippen LogP contribution >= 0.6 is 0 Å². The molecule has 4 rings (SSSR count). The van der Waals surface area contributed by atoms with Gasteiger partial charge in [-0.2, -0.15) is 0 Å². The van der Waals surface area contributed by atoms with Crippen molar-refractivity contribution in [1.29, 1.82) is 0 Å². The van der Waals surface area contributed by atoms with Crippen LogP contribution in [0.5, 0.6) is 0 Å². The molecule has 0 atom stereocenters. The number of hydrogen-bond donors (Lipinski definition) is 2. The Kier molecular flexibility index (Phi) is 2.80. The first-order chi connectivity index (χ1) is 11.2. The Morgan fingerprint density at radius 1 is 1.17 bits per heavy atom. The van der Waals surface area contributed by atoms with Gasteiger partial charge in [-0.05, 0) is 12.1 Å². The van der Waals surface area contributed by atoms with Gasteiger partial charge in [0.15, 0.2) is 0 Å². The Hall–Kier alpha value is -3.35. The fourth-order valence-corrected chi connectivity index (χ4v) is 2.65.